The van der Waals surface area contributed by atoms with Gasteiger partial charge in [0.2, 0.25) is 0 Å². The van der Waals surface area contributed by atoms with Gasteiger partial charge < -0.3 is 5.73 Å². The van der Waals surface area contributed by atoms with Crippen LogP contribution in [0.15, 0.2) is 18.5 Å². The Kier molecular flexibility index (Phi) is 2.31. The van der Waals surface area contributed by atoms with Crippen LogP contribution in [0.1, 0.15) is 26.5 Å². The van der Waals surface area contributed by atoms with Crippen molar-refractivity contribution < 1.29 is 0 Å². The molecule has 0 atom stereocenters. The predicted molar refractivity (Wildman–Crippen MR) is 71.9 cm³/mol. The van der Waals surface area contributed by atoms with Crippen molar-refractivity contribution in [2.24, 2.45) is 0 Å². The van der Waals surface area contributed by atoms with Crippen LogP contribution in [0.4, 0.5) is 5.82 Å². The minimum absolute atomic E-state index is 0.143. The molecule has 0 unspecified atom stereocenters. The van der Waals surface area contributed by atoms with Gasteiger partial charge >= 0.3 is 0 Å². The first-order valence-electron chi connectivity index (χ1n) is 5.99. The number of aromatic amines is 1. The van der Waals surface area contributed by atoms with Crippen LogP contribution >= 0.6 is 0 Å². The molecule has 0 fully saturated rings. The van der Waals surface area contributed by atoms with E-state index < -0.39 is 0 Å². The van der Waals surface area contributed by atoms with Crippen LogP contribution in [0.5, 0.6) is 0 Å². The van der Waals surface area contributed by atoms with Crippen LogP contribution in [0.2, 0.25) is 0 Å². The van der Waals surface area contributed by atoms with Gasteiger partial charge in [0.05, 0.1) is 11.1 Å². The van der Waals surface area contributed by atoms with Crippen molar-refractivity contribution in [3.8, 4) is 5.95 Å². The van der Waals surface area contributed by atoms with Gasteiger partial charge in [-0.15, -0.1) is 0 Å². The molecule has 0 radical (unpaired) electrons. The molecule has 0 bridgehead atoms. The third-order valence-electron chi connectivity index (χ3n) is 2.86. The lowest BCUT2D eigenvalue weighted by Crippen LogP contribution is -2.14. The number of hydrogen-bond acceptors (Lipinski definition) is 5. The largest absolute Gasteiger partial charge is 0.383 e. The summed E-state index contributed by atoms with van der Waals surface area (Å²) < 4.78 is 1.61. The molecule has 3 N–H and O–H groups in total. The molecule has 3 aromatic heterocycles. The SMILES string of the molecule is CC(C)(C)c1nn(-c2ncccn2)c2n[nH]c(N)c12. The molecule has 0 saturated heterocycles. The van der Waals surface area contributed by atoms with E-state index in [-0.39, 0.29) is 5.41 Å². The zero-order valence-electron chi connectivity index (χ0n) is 11.0. The third kappa shape index (κ3) is 1.74. The van der Waals surface area contributed by atoms with E-state index in [2.05, 4.69) is 46.0 Å². The fourth-order valence-corrected chi connectivity index (χ4v) is 1.99. The van der Waals surface area contributed by atoms with Crippen molar-refractivity contribution in [1.82, 2.24) is 29.9 Å². The van der Waals surface area contributed by atoms with E-state index in [9.17, 15) is 0 Å². The summed E-state index contributed by atoms with van der Waals surface area (Å²) in [5.41, 5.74) is 7.33. The van der Waals surface area contributed by atoms with E-state index in [0.29, 0.717) is 17.4 Å². The molecule has 0 aliphatic heterocycles. The number of H-pyrrole nitrogens is 1. The van der Waals surface area contributed by atoms with E-state index >= 15 is 0 Å². The maximum Gasteiger partial charge on any atom is 0.252 e. The second kappa shape index (κ2) is 3.78. The van der Waals surface area contributed by atoms with Gasteiger partial charge in [0.1, 0.15) is 5.82 Å². The van der Waals surface area contributed by atoms with Crippen molar-refractivity contribution in [1.29, 1.82) is 0 Å². The zero-order chi connectivity index (χ0) is 13.6. The number of aromatic nitrogens is 6. The predicted octanol–water partition coefficient (Wildman–Crippen LogP) is 1.42. The fraction of sp³-hybridized carbons (Fsp3) is 0.333. The Hall–Kier alpha value is -2.44. The van der Waals surface area contributed by atoms with Crippen LogP contribution in [0.25, 0.3) is 17.0 Å². The van der Waals surface area contributed by atoms with Gasteiger partial charge in [-0.2, -0.15) is 14.9 Å². The maximum absolute atomic E-state index is 5.95. The number of hydrogen-bond donors (Lipinski definition) is 2. The number of fused-ring (bicyclic) bond motifs is 1. The molecule has 0 aliphatic rings. The minimum atomic E-state index is -0.143. The quantitative estimate of drug-likeness (QED) is 0.687. The first-order valence-corrected chi connectivity index (χ1v) is 5.99. The molecule has 0 spiro atoms. The highest BCUT2D eigenvalue weighted by Gasteiger charge is 2.26. The number of nitrogen functional groups attached to an aromatic ring is 1. The van der Waals surface area contributed by atoms with Crippen LogP contribution in [0, 0.1) is 0 Å². The monoisotopic (exact) mass is 257 g/mol. The topological polar surface area (TPSA) is 98.3 Å². The van der Waals surface area contributed by atoms with Crippen molar-refractivity contribution in [3.05, 3.63) is 24.2 Å². The van der Waals surface area contributed by atoms with Crippen molar-refractivity contribution >= 4 is 16.9 Å². The van der Waals surface area contributed by atoms with Gasteiger partial charge in [-0.25, -0.2) is 9.97 Å². The van der Waals surface area contributed by atoms with E-state index in [1.807, 2.05) is 0 Å². The minimum Gasteiger partial charge on any atom is -0.383 e. The molecule has 3 rings (SSSR count). The number of anilines is 1. The summed E-state index contributed by atoms with van der Waals surface area (Å²) in [7, 11) is 0. The van der Waals surface area contributed by atoms with Gasteiger partial charge in [-0.05, 0) is 6.07 Å². The summed E-state index contributed by atoms with van der Waals surface area (Å²) in [5, 5.41) is 12.4. The Bertz CT molecular complexity index is 718. The standard InChI is InChI=1S/C12H15N7/c1-12(2,3)8-7-9(13)16-17-10(7)19(18-8)11-14-5-4-6-15-11/h4-6H,1-3H3,(H3,13,16,17). The van der Waals surface area contributed by atoms with Gasteiger partial charge in [0, 0.05) is 17.8 Å². The Labute approximate surface area is 109 Å². The average molecular weight is 257 g/mol. The van der Waals surface area contributed by atoms with E-state index in [4.69, 9.17) is 5.73 Å². The van der Waals surface area contributed by atoms with Gasteiger partial charge in [0.25, 0.3) is 5.95 Å². The lowest BCUT2D eigenvalue weighted by atomic mass is 9.91. The molecule has 7 heteroatoms. The fourth-order valence-electron chi connectivity index (χ4n) is 1.99. The molecule has 3 heterocycles. The Morgan fingerprint density at radius 3 is 2.53 bits per heavy atom. The van der Waals surface area contributed by atoms with Gasteiger partial charge in [-0.1, -0.05) is 20.8 Å². The lowest BCUT2D eigenvalue weighted by Gasteiger charge is -2.15. The summed E-state index contributed by atoms with van der Waals surface area (Å²) in [4.78, 5) is 8.40. The Morgan fingerprint density at radius 2 is 1.89 bits per heavy atom. The van der Waals surface area contributed by atoms with E-state index in [1.165, 1.54) is 0 Å². The second-order valence-electron chi connectivity index (χ2n) is 5.40. The molecule has 19 heavy (non-hydrogen) atoms. The molecule has 0 amide bonds. The van der Waals surface area contributed by atoms with Crippen LogP contribution in [-0.4, -0.2) is 29.9 Å². The molecule has 3 aromatic rings. The van der Waals surface area contributed by atoms with Crippen LogP contribution < -0.4 is 5.73 Å². The number of nitrogens with zero attached hydrogens (tertiary/aromatic N) is 5. The zero-order valence-corrected chi connectivity index (χ0v) is 11.0. The van der Waals surface area contributed by atoms with Crippen molar-refractivity contribution in [3.63, 3.8) is 0 Å². The summed E-state index contributed by atoms with van der Waals surface area (Å²) in [6.45, 7) is 6.24. The first kappa shape index (κ1) is 11.6. The van der Waals surface area contributed by atoms with Crippen molar-refractivity contribution in [2.75, 3.05) is 5.73 Å². The Balaban J connectivity index is 2.34. The lowest BCUT2D eigenvalue weighted by molar-refractivity contribution is 0.562. The number of nitrogens with two attached hydrogens (primary N) is 1. The average Bonchev–Trinajstić information content (AvgIpc) is 2.91. The number of rotatable bonds is 1. The van der Waals surface area contributed by atoms with Crippen LogP contribution in [-0.2, 0) is 5.41 Å². The van der Waals surface area contributed by atoms with E-state index in [0.717, 1.165) is 11.1 Å². The van der Waals surface area contributed by atoms with Crippen LogP contribution in [0.3, 0.4) is 0 Å². The highest BCUT2D eigenvalue weighted by atomic mass is 15.4. The van der Waals surface area contributed by atoms with Gasteiger partial charge in [0.15, 0.2) is 5.65 Å². The molecule has 0 saturated carbocycles. The molecular weight excluding hydrogens is 242 g/mol. The first-order chi connectivity index (χ1) is 8.98. The third-order valence-corrected chi connectivity index (χ3v) is 2.86. The summed E-state index contributed by atoms with van der Waals surface area (Å²) >= 11 is 0. The smallest absolute Gasteiger partial charge is 0.252 e. The molecule has 0 aliphatic carbocycles. The summed E-state index contributed by atoms with van der Waals surface area (Å²) in [5.74, 6) is 0.997. The molecular formula is C12H15N7. The highest BCUT2D eigenvalue weighted by Crippen LogP contribution is 2.32. The summed E-state index contributed by atoms with van der Waals surface area (Å²) in [6, 6.07) is 1.76. The van der Waals surface area contributed by atoms with E-state index in [1.54, 1.807) is 23.1 Å². The second-order valence-corrected chi connectivity index (χ2v) is 5.40. The molecule has 7 nitrogen and oxygen atoms in total. The number of nitrogens with one attached hydrogen (secondary N) is 1. The van der Waals surface area contributed by atoms with Gasteiger partial charge in [-0.3, -0.25) is 5.10 Å². The maximum atomic E-state index is 5.95. The highest BCUT2D eigenvalue weighted by molar-refractivity contribution is 5.90. The Morgan fingerprint density at radius 1 is 1.21 bits per heavy atom. The molecule has 98 valence electrons. The summed E-state index contributed by atoms with van der Waals surface area (Å²) in [6.07, 6.45) is 3.34. The normalized spacial score (nSPS) is 12.2. The molecule has 0 aromatic carbocycles. The van der Waals surface area contributed by atoms with Crippen molar-refractivity contribution in [2.45, 2.75) is 26.2 Å².